The molecule has 0 aliphatic carbocycles. The van der Waals surface area contributed by atoms with Crippen molar-refractivity contribution in [3.8, 4) is 0 Å². The molecule has 1 aliphatic rings. The Labute approximate surface area is 90.3 Å². The summed E-state index contributed by atoms with van der Waals surface area (Å²) in [6.07, 6.45) is 0. The number of carbonyl (C=O) groups is 1. The number of amides is 1. The lowest BCUT2D eigenvalue weighted by Gasteiger charge is -2.07. The van der Waals surface area contributed by atoms with Crippen molar-refractivity contribution < 1.29 is 4.79 Å². The van der Waals surface area contributed by atoms with Crippen LogP contribution in [-0.4, -0.2) is 11.1 Å². The molecule has 0 radical (unpaired) electrons. The fourth-order valence-electron chi connectivity index (χ4n) is 1.25. The zero-order chi connectivity index (χ0) is 10.1. The zero-order valence-electron chi connectivity index (χ0n) is 7.11. The van der Waals surface area contributed by atoms with Crippen LogP contribution in [0.5, 0.6) is 0 Å². The van der Waals surface area contributed by atoms with E-state index in [1.807, 2.05) is 18.2 Å². The highest BCUT2D eigenvalue weighted by Gasteiger charge is 2.29. The first-order valence-electron chi connectivity index (χ1n) is 3.97. The number of benzene rings is 1. The molecule has 0 saturated heterocycles. The lowest BCUT2D eigenvalue weighted by Crippen LogP contribution is -2.03. The predicted octanol–water partition coefficient (Wildman–Crippen LogP) is 1.97. The summed E-state index contributed by atoms with van der Waals surface area (Å²) < 4.78 is 0. The lowest BCUT2D eigenvalue weighted by molar-refractivity contribution is -0.117. The van der Waals surface area contributed by atoms with Crippen LogP contribution >= 0.6 is 23.4 Å². The third-order valence-electron chi connectivity index (χ3n) is 1.87. The Hall–Kier alpha value is -1.000. The quantitative estimate of drug-likeness (QED) is 0.797. The molecule has 72 valence electrons. The Balaban J connectivity index is 2.35. The first-order valence-corrected chi connectivity index (χ1v) is 5.23. The molecule has 0 bridgehead atoms. The van der Waals surface area contributed by atoms with Gasteiger partial charge in [0.2, 0.25) is 0 Å². The standard InChI is InChI=1S/C9H7ClN2OS/c10-6-4-2-1-3-5(6)7-8(13)12-9(11)14-7/h1-4,7H,(H2,11,12,13)/t7-/m1/s1. The Morgan fingerprint density at radius 2 is 2.14 bits per heavy atom. The molecule has 1 heterocycles. The van der Waals surface area contributed by atoms with Crippen LogP contribution in [0.2, 0.25) is 5.02 Å². The molecule has 0 fully saturated rings. The predicted molar refractivity (Wildman–Crippen MR) is 58.4 cm³/mol. The zero-order valence-corrected chi connectivity index (χ0v) is 8.68. The van der Waals surface area contributed by atoms with Crippen LogP contribution in [0.3, 0.4) is 0 Å². The topological polar surface area (TPSA) is 55.4 Å². The molecule has 2 rings (SSSR count). The van der Waals surface area contributed by atoms with Gasteiger partial charge in [-0.15, -0.1) is 0 Å². The Bertz CT molecular complexity index is 419. The highest BCUT2D eigenvalue weighted by atomic mass is 35.5. The number of hydrogen-bond acceptors (Lipinski definition) is 3. The summed E-state index contributed by atoms with van der Waals surface area (Å²) in [6.45, 7) is 0. The normalized spacial score (nSPS) is 21.1. The van der Waals surface area contributed by atoms with Crippen molar-refractivity contribution in [2.24, 2.45) is 10.7 Å². The van der Waals surface area contributed by atoms with Crippen LogP contribution in [0.15, 0.2) is 29.3 Å². The van der Waals surface area contributed by atoms with Gasteiger partial charge in [-0.2, -0.15) is 4.99 Å². The van der Waals surface area contributed by atoms with Gasteiger partial charge < -0.3 is 5.73 Å². The summed E-state index contributed by atoms with van der Waals surface area (Å²) >= 11 is 7.19. The fourth-order valence-corrected chi connectivity index (χ4v) is 2.43. The minimum atomic E-state index is -0.372. The summed E-state index contributed by atoms with van der Waals surface area (Å²) in [7, 11) is 0. The molecule has 1 atom stereocenters. The van der Waals surface area contributed by atoms with E-state index in [4.69, 9.17) is 17.3 Å². The van der Waals surface area contributed by atoms with E-state index in [0.717, 1.165) is 5.56 Å². The van der Waals surface area contributed by atoms with Crippen molar-refractivity contribution in [3.63, 3.8) is 0 Å². The van der Waals surface area contributed by atoms with Crippen molar-refractivity contribution in [2.45, 2.75) is 5.25 Å². The van der Waals surface area contributed by atoms with Crippen molar-refractivity contribution in [1.29, 1.82) is 0 Å². The number of amidine groups is 1. The van der Waals surface area contributed by atoms with E-state index in [0.29, 0.717) is 10.2 Å². The third kappa shape index (κ3) is 1.63. The highest BCUT2D eigenvalue weighted by Crippen LogP contribution is 2.37. The smallest absolute Gasteiger partial charge is 0.266 e. The molecule has 3 nitrogen and oxygen atoms in total. The summed E-state index contributed by atoms with van der Waals surface area (Å²) in [5.41, 5.74) is 6.22. The van der Waals surface area contributed by atoms with E-state index in [1.54, 1.807) is 6.07 Å². The first-order chi connectivity index (χ1) is 6.68. The van der Waals surface area contributed by atoms with Gasteiger partial charge in [0.1, 0.15) is 5.25 Å². The first kappa shape index (κ1) is 9.55. The van der Waals surface area contributed by atoms with Crippen molar-refractivity contribution in [1.82, 2.24) is 0 Å². The second-order valence-corrected chi connectivity index (χ2v) is 4.34. The molecule has 0 aromatic heterocycles. The van der Waals surface area contributed by atoms with Gasteiger partial charge >= 0.3 is 0 Å². The van der Waals surface area contributed by atoms with Crippen molar-refractivity contribution in [2.75, 3.05) is 0 Å². The Kier molecular flexibility index (Phi) is 2.48. The molecular weight excluding hydrogens is 220 g/mol. The average Bonchev–Trinajstić information content (AvgIpc) is 2.46. The van der Waals surface area contributed by atoms with E-state index >= 15 is 0 Å². The van der Waals surface area contributed by atoms with Gasteiger partial charge in [-0.05, 0) is 11.6 Å². The fraction of sp³-hybridized carbons (Fsp3) is 0.111. The largest absolute Gasteiger partial charge is 0.378 e. The van der Waals surface area contributed by atoms with Crippen molar-refractivity contribution in [3.05, 3.63) is 34.9 Å². The maximum Gasteiger partial charge on any atom is 0.266 e. The highest BCUT2D eigenvalue weighted by molar-refractivity contribution is 8.15. The molecule has 0 unspecified atom stereocenters. The van der Waals surface area contributed by atoms with Gasteiger partial charge in [0.05, 0.1) is 0 Å². The molecule has 1 aromatic carbocycles. The van der Waals surface area contributed by atoms with Gasteiger partial charge in [0, 0.05) is 5.02 Å². The number of carbonyl (C=O) groups excluding carboxylic acids is 1. The Morgan fingerprint density at radius 3 is 2.71 bits per heavy atom. The van der Waals surface area contributed by atoms with Gasteiger partial charge in [-0.25, -0.2) is 0 Å². The molecule has 1 amide bonds. The minimum absolute atomic E-state index is 0.236. The molecule has 14 heavy (non-hydrogen) atoms. The van der Waals surface area contributed by atoms with Crippen LogP contribution < -0.4 is 5.73 Å². The summed E-state index contributed by atoms with van der Waals surface area (Å²) in [6, 6.07) is 7.22. The van der Waals surface area contributed by atoms with E-state index in [-0.39, 0.29) is 11.2 Å². The molecule has 0 spiro atoms. The molecule has 5 heteroatoms. The van der Waals surface area contributed by atoms with Crippen molar-refractivity contribution >= 4 is 34.4 Å². The van der Waals surface area contributed by atoms with E-state index in [2.05, 4.69) is 4.99 Å². The van der Waals surface area contributed by atoms with E-state index in [1.165, 1.54) is 11.8 Å². The minimum Gasteiger partial charge on any atom is -0.378 e. The number of rotatable bonds is 1. The summed E-state index contributed by atoms with van der Waals surface area (Å²) in [4.78, 5) is 15.0. The van der Waals surface area contributed by atoms with Gasteiger partial charge in [-0.1, -0.05) is 41.6 Å². The van der Waals surface area contributed by atoms with E-state index in [9.17, 15) is 4.79 Å². The molecule has 0 saturated carbocycles. The SMILES string of the molecule is NC1=NC(=O)[C@@H](c2ccccc2Cl)S1. The molecular formula is C9H7ClN2OS. The second-order valence-electron chi connectivity index (χ2n) is 2.81. The van der Waals surface area contributed by atoms with Crippen LogP contribution in [-0.2, 0) is 4.79 Å². The summed E-state index contributed by atoms with van der Waals surface area (Å²) in [5.74, 6) is -0.236. The van der Waals surface area contributed by atoms with Gasteiger partial charge in [0.25, 0.3) is 5.91 Å². The van der Waals surface area contributed by atoms with Crippen LogP contribution in [0, 0.1) is 0 Å². The molecule has 1 aromatic rings. The maximum atomic E-state index is 11.4. The second kappa shape index (κ2) is 3.63. The molecule has 1 aliphatic heterocycles. The number of aliphatic imine (C=N–C) groups is 1. The summed E-state index contributed by atoms with van der Waals surface area (Å²) in [5, 5.41) is 0.506. The average molecular weight is 227 g/mol. The number of nitrogens with two attached hydrogens (primary N) is 1. The van der Waals surface area contributed by atoms with Crippen LogP contribution in [0.25, 0.3) is 0 Å². The Morgan fingerprint density at radius 1 is 1.43 bits per heavy atom. The van der Waals surface area contributed by atoms with Gasteiger partial charge in [-0.3, -0.25) is 4.79 Å². The number of nitrogens with zero attached hydrogens (tertiary/aromatic N) is 1. The van der Waals surface area contributed by atoms with Gasteiger partial charge in [0.15, 0.2) is 5.17 Å². The van der Waals surface area contributed by atoms with Crippen LogP contribution in [0.4, 0.5) is 0 Å². The monoisotopic (exact) mass is 226 g/mol. The van der Waals surface area contributed by atoms with E-state index < -0.39 is 0 Å². The number of hydrogen-bond donors (Lipinski definition) is 1. The third-order valence-corrected chi connectivity index (χ3v) is 3.24. The maximum absolute atomic E-state index is 11.4. The molecule has 2 N–H and O–H groups in total. The van der Waals surface area contributed by atoms with Crippen LogP contribution in [0.1, 0.15) is 10.8 Å². The lowest BCUT2D eigenvalue weighted by atomic mass is 10.1. The number of thioether (sulfide) groups is 1. The number of halogens is 1.